The molecule has 2 fully saturated rings. The lowest BCUT2D eigenvalue weighted by molar-refractivity contribution is -0.135. The Kier molecular flexibility index (Phi) is 6.43. The highest BCUT2D eigenvalue weighted by Crippen LogP contribution is 2.22. The fourth-order valence-corrected chi connectivity index (χ4v) is 3.68. The van der Waals surface area contributed by atoms with Gasteiger partial charge in [0.25, 0.3) is 0 Å². The normalized spacial score (nSPS) is 18.7. The first-order valence-corrected chi connectivity index (χ1v) is 10.1. The highest BCUT2D eigenvalue weighted by molar-refractivity contribution is 5.78. The number of oxazole rings is 1. The zero-order chi connectivity index (χ0) is 20.1. The summed E-state index contributed by atoms with van der Waals surface area (Å²) in [6, 6.07) is 7.67. The molecule has 2 saturated heterocycles. The van der Waals surface area contributed by atoms with Gasteiger partial charge in [-0.15, -0.1) is 0 Å². The number of ether oxygens (including phenoxy) is 2. The van der Waals surface area contributed by atoms with E-state index in [1.807, 2.05) is 29.2 Å². The van der Waals surface area contributed by atoms with Crippen molar-refractivity contribution in [3.63, 3.8) is 0 Å². The maximum Gasteiger partial charge on any atom is 0.236 e. The van der Waals surface area contributed by atoms with Gasteiger partial charge < -0.3 is 18.8 Å². The van der Waals surface area contributed by atoms with Crippen LogP contribution in [0.25, 0.3) is 11.5 Å². The first kappa shape index (κ1) is 19.9. The van der Waals surface area contributed by atoms with Crippen LogP contribution in [0.4, 0.5) is 0 Å². The molecule has 156 valence electrons. The third-order valence-corrected chi connectivity index (χ3v) is 5.46. The van der Waals surface area contributed by atoms with E-state index in [2.05, 4.69) is 14.8 Å². The molecule has 2 aliphatic heterocycles. The second-order valence-corrected chi connectivity index (χ2v) is 7.42. The maximum atomic E-state index is 12.5. The minimum atomic E-state index is 0.217. The molecule has 2 aliphatic rings. The third kappa shape index (κ3) is 5.14. The number of aromatic nitrogens is 1. The van der Waals surface area contributed by atoms with Gasteiger partial charge in [0.15, 0.2) is 0 Å². The SMILES string of the molecule is COc1ccc(-c2nc(CN3CCN(C(=O)CN4CCOCC4)CC3)co2)cc1. The molecule has 1 aromatic heterocycles. The molecule has 3 heterocycles. The summed E-state index contributed by atoms with van der Waals surface area (Å²) in [5.74, 6) is 1.64. The first-order chi connectivity index (χ1) is 14.2. The van der Waals surface area contributed by atoms with Crippen molar-refractivity contribution in [2.75, 3.05) is 66.1 Å². The smallest absolute Gasteiger partial charge is 0.236 e. The van der Waals surface area contributed by atoms with Gasteiger partial charge in [-0.3, -0.25) is 14.6 Å². The van der Waals surface area contributed by atoms with E-state index in [1.54, 1.807) is 13.4 Å². The van der Waals surface area contributed by atoms with Crippen LogP contribution in [0.5, 0.6) is 5.75 Å². The van der Waals surface area contributed by atoms with Gasteiger partial charge in [0, 0.05) is 51.4 Å². The van der Waals surface area contributed by atoms with Crippen molar-refractivity contribution in [3.05, 3.63) is 36.2 Å². The van der Waals surface area contributed by atoms with Crippen LogP contribution < -0.4 is 4.74 Å². The monoisotopic (exact) mass is 400 g/mol. The van der Waals surface area contributed by atoms with Crippen LogP contribution in [0.1, 0.15) is 5.69 Å². The van der Waals surface area contributed by atoms with Gasteiger partial charge in [-0.1, -0.05) is 0 Å². The fourth-order valence-electron chi connectivity index (χ4n) is 3.68. The van der Waals surface area contributed by atoms with E-state index < -0.39 is 0 Å². The summed E-state index contributed by atoms with van der Waals surface area (Å²) in [5, 5.41) is 0. The average molecular weight is 400 g/mol. The van der Waals surface area contributed by atoms with Gasteiger partial charge in [0.1, 0.15) is 12.0 Å². The standard InChI is InChI=1S/C21H28N4O4/c1-27-19-4-2-17(3-5-19)21-22-18(16-29-21)14-23-6-8-25(9-7-23)20(26)15-24-10-12-28-13-11-24/h2-5,16H,6-15H2,1H3. The summed E-state index contributed by atoms with van der Waals surface area (Å²) in [4.78, 5) is 23.6. The largest absolute Gasteiger partial charge is 0.497 e. The van der Waals surface area contributed by atoms with Crippen LogP contribution in [0.3, 0.4) is 0 Å². The van der Waals surface area contributed by atoms with Gasteiger partial charge in [0.2, 0.25) is 11.8 Å². The average Bonchev–Trinajstić information content (AvgIpc) is 3.23. The summed E-state index contributed by atoms with van der Waals surface area (Å²) >= 11 is 0. The minimum Gasteiger partial charge on any atom is -0.497 e. The number of morpholine rings is 1. The Morgan fingerprint density at radius 1 is 1.03 bits per heavy atom. The Morgan fingerprint density at radius 3 is 2.45 bits per heavy atom. The van der Waals surface area contributed by atoms with Gasteiger partial charge in [0.05, 0.1) is 32.6 Å². The topological polar surface area (TPSA) is 71.3 Å². The van der Waals surface area contributed by atoms with Crippen molar-refractivity contribution in [2.24, 2.45) is 0 Å². The second kappa shape index (κ2) is 9.39. The number of methoxy groups -OCH3 is 1. The Bertz CT molecular complexity index is 793. The molecule has 29 heavy (non-hydrogen) atoms. The summed E-state index contributed by atoms with van der Waals surface area (Å²) < 4.78 is 16.2. The molecule has 8 heteroatoms. The minimum absolute atomic E-state index is 0.217. The number of carbonyl (C=O) groups is 1. The van der Waals surface area contributed by atoms with E-state index in [1.165, 1.54) is 0 Å². The van der Waals surface area contributed by atoms with Gasteiger partial charge >= 0.3 is 0 Å². The molecular weight excluding hydrogens is 372 g/mol. The molecule has 2 aromatic rings. The summed E-state index contributed by atoms with van der Waals surface area (Å²) in [6.07, 6.45) is 1.72. The van der Waals surface area contributed by atoms with Gasteiger partial charge in [-0.2, -0.15) is 0 Å². The molecule has 0 unspecified atom stereocenters. The lowest BCUT2D eigenvalue weighted by Gasteiger charge is -2.36. The van der Waals surface area contributed by atoms with E-state index in [4.69, 9.17) is 13.9 Å². The zero-order valence-corrected chi connectivity index (χ0v) is 16.9. The number of benzene rings is 1. The van der Waals surface area contributed by atoms with E-state index in [-0.39, 0.29) is 5.91 Å². The van der Waals surface area contributed by atoms with Crippen LogP contribution >= 0.6 is 0 Å². The van der Waals surface area contributed by atoms with Crippen LogP contribution in [-0.2, 0) is 16.1 Å². The Hall–Kier alpha value is -2.42. The molecule has 0 spiro atoms. The Balaban J connectivity index is 1.25. The number of nitrogens with zero attached hydrogens (tertiary/aromatic N) is 4. The Labute approximate surface area is 171 Å². The van der Waals surface area contributed by atoms with E-state index in [9.17, 15) is 4.79 Å². The van der Waals surface area contributed by atoms with Crippen LogP contribution in [0.2, 0.25) is 0 Å². The number of rotatable bonds is 6. The molecule has 4 rings (SSSR count). The van der Waals surface area contributed by atoms with Crippen molar-refractivity contribution in [2.45, 2.75) is 6.54 Å². The van der Waals surface area contributed by atoms with Crippen molar-refractivity contribution in [3.8, 4) is 17.2 Å². The quantitative estimate of drug-likeness (QED) is 0.724. The van der Waals surface area contributed by atoms with Gasteiger partial charge in [-0.05, 0) is 24.3 Å². The van der Waals surface area contributed by atoms with E-state index in [0.29, 0.717) is 12.4 Å². The summed E-state index contributed by atoms with van der Waals surface area (Å²) in [6.45, 7) is 7.55. The molecular formula is C21H28N4O4. The number of hydrogen-bond donors (Lipinski definition) is 0. The Morgan fingerprint density at radius 2 is 1.76 bits per heavy atom. The number of piperazine rings is 1. The summed E-state index contributed by atoms with van der Waals surface area (Å²) in [7, 11) is 1.65. The van der Waals surface area contributed by atoms with Crippen molar-refractivity contribution < 1.29 is 18.7 Å². The van der Waals surface area contributed by atoms with Crippen molar-refractivity contribution in [1.82, 2.24) is 19.7 Å². The van der Waals surface area contributed by atoms with E-state index >= 15 is 0 Å². The predicted molar refractivity (Wildman–Crippen MR) is 108 cm³/mol. The van der Waals surface area contributed by atoms with Crippen LogP contribution in [0, 0.1) is 0 Å². The molecule has 0 atom stereocenters. The van der Waals surface area contributed by atoms with Crippen LogP contribution in [-0.4, -0.2) is 91.7 Å². The maximum absolute atomic E-state index is 12.5. The van der Waals surface area contributed by atoms with Gasteiger partial charge in [-0.25, -0.2) is 4.98 Å². The molecule has 1 aromatic carbocycles. The lowest BCUT2D eigenvalue weighted by Crippen LogP contribution is -2.52. The number of amides is 1. The molecule has 0 N–H and O–H groups in total. The summed E-state index contributed by atoms with van der Waals surface area (Å²) in [5.41, 5.74) is 1.83. The molecule has 1 amide bonds. The fraction of sp³-hybridized carbons (Fsp3) is 0.524. The van der Waals surface area contributed by atoms with Crippen molar-refractivity contribution >= 4 is 5.91 Å². The second-order valence-electron chi connectivity index (χ2n) is 7.42. The lowest BCUT2D eigenvalue weighted by atomic mass is 10.2. The van der Waals surface area contributed by atoms with Crippen LogP contribution in [0.15, 0.2) is 34.9 Å². The predicted octanol–water partition coefficient (Wildman–Crippen LogP) is 1.33. The highest BCUT2D eigenvalue weighted by atomic mass is 16.5. The zero-order valence-electron chi connectivity index (χ0n) is 16.9. The molecule has 8 nitrogen and oxygen atoms in total. The van der Waals surface area contributed by atoms with Crippen molar-refractivity contribution in [1.29, 1.82) is 0 Å². The highest BCUT2D eigenvalue weighted by Gasteiger charge is 2.24. The molecule has 0 bridgehead atoms. The molecule has 0 saturated carbocycles. The number of carbonyl (C=O) groups excluding carboxylic acids is 1. The molecule has 0 radical (unpaired) electrons. The third-order valence-electron chi connectivity index (χ3n) is 5.46. The molecule has 0 aliphatic carbocycles. The number of hydrogen-bond acceptors (Lipinski definition) is 7. The van der Waals surface area contributed by atoms with E-state index in [0.717, 1.165) is 76.0 Å². The first-order valence-electron chi connectivity index (χ1n) is 10.1.